The van der Waals surface area contributed by atoms with Crippen LogP contribution in [0.25, 0.3) is 16.2 Å². The first-order valence-electron chi connectivity index (χ1n) is 7.75. The van der Waals surface area contributed by atoms with Crippen LogP contribution in [0.3, 0.4) is 0 Å². The van der Waals surface area contributed by atoms with Gasteiger partial charge in [-0.15, -0.1) is 11.3 Å². The van der Waals surface area contributed by atoms with Crippen molar-refractivity contribution in [2.24, 2.45) is 0 Å². The minimum atomic E-state index is -1.02. The van der Waals surface area contributed by atoms with E-state index >= 15 is 0 Å². The van der Waals surface area contributed by atoms with Crippen molar-refractivity contribution in [3.8, 4) is 10.4 Å². The molecule has 130 valence electrons. The average Bonchev–Trinajstić information content (AvgIpc) is 3.03. The van der Waals surface area contributed by atoms with Gasteiger partial charge in [-0.2, -0.15) is 0 Å². The molecule has 0 unspecified atom stereocenters. The van der Waals surface area contributed by atoms with Gasteiger partial charge in [-0.3, -0.25) is 0 Å². The number of hydrogen-bond donors (Lipinski definition) is 0. The topological polar surface area (TPSA) is 74.7 Å². The van der Waals surface area contributed by atoms with Crippen molar-refractivity contribution in [1.29, 1.82) is 0 Å². The van der Waals surface area contributed by atoms with E-state index in [9.17, 15) is 9.59 Å². The molecular weight excluding hydrogens is 342 g/mol. The molecule has 1 aromatic heterocycles. The summed E-state index contributed by atoms with van der Waals surface area (Å²) >= 11 is 1.25. The standard InChI is InChI=1S/C18H17NO5S/c1-4-22-17(21)16-19-10-14(25-16)12-7-5-6-11(8-12)13-9-15(20)24-18(2,3)23-13/h5-10H,4H2,1-3H3. The van der Waals surface area contributed by atoms with Gasteiger partial charge in [0, 0.05) is 25.6 Å². The average molecular weight is 359 g/mol. The lowest BCUT2D eigenvalue weighted by Crippen LogP contribution is -2.33. The Labute approximate surface area is 149 Å². The molecule has 3 rings (SSSR count). The number of thiazole rings is 1. The Hall–Kier alpha value is -2.67. The largest absolute Gasteiger partial charge is 0.461 e. The van der Waals surface area contributed by atoms with E-state index in [1.165, 1.54) is 17.4 Å². The van der Waals surface area contributed by atoms with Crippen molar-refractivity contribution in [3.05, 3.63) is 47.1 Å². The third-order valence-corrected chi connectivity index (χ3v) is 4.36. The first-order valence-corrected chi connectivity index (χ1v) is 8.57. The first kappa shape index (κ1) is 17.2. The van der Waals surface area contributed by atoms with Gasteiger partial charge in [0.1, 0.15) is 5.76 Å². The summed E-state index contributed by atoms with van der Waals surface area (Å²) in [7, 11) is 0. The van der Waals surface area contributed by atoms with Crippen LogP contribution < -0.4 is 0 Å². The fraction of sp³-hybridized carbons (Fsp3) is 0.278. The zero-order valence-corrected chi connectivity index (χ0v) is 14.9. The van der Waals surface area contributed by atoms with Crippen LogP contribution in [0, 0.1) is 0 Å². The van der Waals surface area contributed by atoms with Crippen LogP contribution in [0.15, 0.2) is 36.5 Å². The van der Waals surface area contributed by atoms with Crippen LogP contribution >= 0.6 is 11.3 Å². The van der Waals surface area contributed by atoms with Gasteiger partial charge >= 0.3 is 11.9 Å². The molecule has 0 saturated heterocycles. The van der Waals surface area contributed by atoms with E-state index in [4.69, 9.17) is 14.2 Å². The molecule has 7 heteroatoms. The van der Waals surface area contributed by atoms with Gasteiger partial charge in [0.25, 0.3) is 0 Å². The number of benzene rings is 1. The Kier molecular flexibility index (Phi) is 4.59. The molecule has 0 spiro atoms. The predicted molar refractivity (Wildman–Crippen MR) is 92.7 cm³/mol. The summed E-state index contributed by atoms with van der Waals surface area (Å²) in [6.07, 6.45) is 2.95. The molecule has 0 saturated carbocycles. The fourth-order valence-corrected chi connectivity index (χ4v) is 3.16. The van der Waals surface area contributed by atoms with Crippen molar-refractivity contribution in [2.45, 2.75) is 26.6 Å². The van der Waals surface area contributed by atoms with Gasteiger partial charge in [0.15, 0.2) is 0 Å². The molecule has 2 aromatic rings. The van der Waals surface area contributed by atoms with Crippen LogP contribution in [0.2, 0.25) is 0 Å². The highest BCUT2D eigenvalue weighted by Gasteiger charge is 2.30. The Morgan fingerprint density at radius 1 is 1.28 bits per heavy atom. The summed E-state index contributed by atoms with van der Waals surface area (Å²) in [5.74, 6) is -1.45. The molecule has 1 aromatic carbocycles. The molecule has 0 radical (unpaired) electrons. The molecular formula is C18H17NO5S. The minimum absolute atomic E-state index is 0.306. The molecule has 6 nitrogen and oxygen atoms in total. The molecule has 0 aliphatic carbocycles. The Morgan fingerprint density at radius 3 is 2.76 bits per heavy atom. The lowest BCUT2D eigenvalue weighted by Gasteiger charge is -2.30. The van der Waals surface area contributed by atoms with Crippen molar-refractivity contribution < 1.29 is 23.8 Å². The highest BCUT2D eigenvalue weighted by atomic mass is 32.1. The molecule has 1 aliphatic rings. The smallest absolute Gasteiger partial charge is 0.367 e. The lowest BCUT2D eigenvalue weighted by molar-refractivity contribution is -0.193. The maximum Gasteiger partial charge on any atom is 0.367 e. The number of hydrogen-bond acceptors (Lipinski definition) is 7. The van der Waals surface area contributed by atoms with Crippen molar-refractivity contribution in [3.63, 3.8) is 0 Å². The Bertz CT molecular complexity index is 853. The molecule has 0 atom stereocenters. The van der Waals surface area contributed by atoms with Crippen molar-refractivity contribution in [1.82, 2.24) is 4.98 Å². The van der Waals surface area contributed by atoms with Crippen LogP contribution in [0.4, 0.5) is 0 Å². The van der Waals surface area contributed by atoms with Crippen LogP contribution in [-0.4, -0.2) is 29.3 Å². The predicted octanol–water partition coefficient (Wildman–Crippen LogP) is 3.64. The molecule has 1 aliphatic heterocycles. The number of cyclic esters (lactones) is 1. The minimum Gasteiger partial charge on any atom is -0.461 e. The number of rotatable bonds is 4. The van der Waals surface area contributed by atoms with Gasteiger partial charge in [0.05, 0.1) is 17.6 Å². The van der Waals surface area contributed by atoms with E-state index in [1.54, 1.807) is 27.0 Å². The molecule has 0 amide bonds. The monoisotopic (exact) mass is 359 g/mol. The fourth-order valence-electron chi connectivity index (χ4n) is 2.36. The Morgan fingerprint density at radius 2 is 2.04 bits per heavy atom. The maximum atomic E-state index is 11.8. The number of carbonyl (C=O) groups excluding carboxylic acids is 2. The van der Waals surface area contributed by atoms with E-state index in [-0.39, 0.29) is 0 Å². The third-order valence-electron chi connectivity index (χ3n) is 3.34. The molecule has 0 fully saturated rings. The third kappa shape index (κ3) is 3.88. The first-order chi connectivity index (χ1) is 11.9. The summed E-state index contributed by atoms with van der Waals surface area (Å²) in [6.45, 7) is 5.41. The van der Waals surface area contributed by atoms with Gasteiger partial charge in [-0.05, 0) is 18.6 Å². The quantitative estimate of drug-likeness (QED) is 0.776. The summed E-state index contributed by atoms with van der Waals surface area (Å²) < 4.78 is 15.8. The van der Waals surface area contributed by atoms with Gasteiger partial charge in [-0.25, -0.2) is 14.6 Å². The SMILES string of the molecule is CCOC(=O)c1ncc(-c2cccc(C3=CC(=O)OC(C)(C)O3)c2)s1. The van der Waals surface area contributed by atoms with Gasteiger partial charge in [0.2, 0.25) is 10.8 Å². The summed E-state index contributed by atoms with van der Waals surface area (Å²) in [4.78, 5) is 28.4. The second-order valence-electron chi connectivity index (χ2n) is 5.76. The van der Waals surface area contributed by atoms with E-state index in [2.05, 4.69) is 4.98 Å². The number of ether oxygens (including phenoxy) is 3. The van der Waals surface area contributed by atoms with E-state index in [0.717, 1.165) is 16.0 Å². The number of carbonyl (C=O) groups is 2. The zero-order valence-electron chi connectivity index (χ0n) is 14.1. The molecule has 2 heterocycles. The molecule has 0 bridgehead atoms. The van der Waals surface area contributed by atoms with E-state index in [1.807, 2.05) is 24.3 Å². The summed E-state index contributed by atoms with van der Waals surface area (Å²) in [6, 6.07) is 7.48. The van der Waals surface area contributed by atoms with Crippen LogP contribution in [0.5, 0.6) is 0 Å². The van der Waals surface area contributed by atoms with Crippen molar-refractivity contribution in [2.75, 3.05) is 6.61 Å². The number of nitrogens with zero attached hydrogens (tertiary/aromatic N) is 1. The van der Waals surface area contributed by atoms with Gasteiger partial charge < -0.3 is 14.2 Å². The second-order valence-corrected chi connectivity index (χ2v) is 6.79. The Balaban J connectivity index is 1.90. The maximum absolute atomic E-state index is 11.8. The second kappa shape index (κ2) is 6.68. The normalized spacial score (nSPS) is 15.8. The molecule has 0 N–H and O–H groups in total. The summed E-state index contributed by atoms with van der Waals surface area (Å²) in [5.41, 5.74) is 1.61. The van der Waals surface area contributed by atoms with E-state index < -0.39 is 17.7 Å². The molecule has 25 heavy (non-hydrogen) atoms. The zero-order chi connectivity index (χ0) is 18.0. The lowest BCUT2D eigenvalue weighted by atomic mass is 10.1. The van der Waals surface area contributed by atoms with Crippen molar-refractivity contribution >= 4 is 29.0 Å². The highest BCUT2D eigenvalue weighted by Crippen LogP contribution is 2.32. The van der Waals surface area contributed by atoms with E-state index in [0.29, 0.717) is 17.4 Å². The van der Waals surface area contributed by atoms with Crippen LogP contribution in [0.1, 0.15) is 36.1 Å². The van der Waals surface area contributed by atoms with Crippen LogP contribution in [-0.2, 0) is 19.0 Å². The highest BCUT2D eigenvalue weighted by molar-refractivity contribution is 7.16. The van der Waals surface area contributed by atoms with Gasteiger partial charge in [-0.1, -0.05) is 18.2 Å². The summed E-state index contributed by atoms with van der Waals surface area (Å²) in [5, 5.41) is 0.306. The number of aromatic nitrogens is 1. The number of esters is 2.